The summed E-state index contributed by atoms with van der Waals surface area (Å²) in [6.07, 6.45) is 3.11. The van der Waals surface area contributed by atoms with E-state index >= 15 is 0 Å². The first-order valence-electron chi connectivity index (χ1n) is 8.78. The molecular weight excluding hydrogens is 298 g/mol. The third kappa shape index (κ3) is 2.68. The van der Waals surface area contributed by atoms with Crippen LogP contribution in [0, 0.1) is 5.92 Å². The van der Waals surface area contributed by atoms with Gasteiger partial charge >= 0.3 is 0 Å². The zero-order chi connectivity index (χ0) is 16.5. The Hall–Kier alpha value is -2.29. The number of ether oxygens (including phenoxy) is 1. The van der Waals surface area contributed by atoms with Gasteiger partial charge in [0.2, 0.25) is 5.91 Å². The van der Waals surface area contributed by atoms with Crippen molar-refractivity contribution in [1.82, 2.24) is 4.90 Å². The number of carbonyl (C=O) groups is 1. The first kappa shape index (κ1) is 15.3. The second kappa shape index (κ2) is 6.31. The van der Waals surface area contributed by atoms with Crippen molar-refractivity contribution in [1.29, 1.82) is 0 Å². The van der Waals surface area contributed by atoms with Crippen molar-refractivity contribution in [2.75, 3.05) is 13.7 Å². The Morgan fingerprint density at radius 3 is 2.62 bits per heavy atom. The summed E-state index contributed by atoms with van der Waals surface area (Å²) in [5.74, 6) is 1.65. The molecule has 1 saturated carbocycles. The van der Waals surface area contributed by atoms with Gasteiger partial charge in [-0.05, 0) is 42.4 Å². The van der Waals surface area contributed by atoms with Crippen LogP contribution in [0.5, 0.6) is 5.75 Å². The predicted octanol–water partition coefficient (Wildman–Crippen LogP) is 4.16. The molecule has 0 spiro atoms. The van der Waals surface area contributed by atoms with Crippen LogP contribution in [0.3, 0.4) is 0 Å². The molecule has 3 heteroatoms. The van der Waals surface area contributed by atoms with E-state index in [0.29, 0.717) is 11.8 Å². The number of nitrogens with zero attached hydrogens (tertiary/aromatic N) is 1. The highest BCUT2D eigenvalue weighted by molar-refractivity contribution is 5.84. The topological polar surface area (TPSA) is 29.5 Å². The molecule has 1 heterocycles. The Balaban J connectivity index is 1.51. The van der Waals surface area contributed by atoms with E-state index in [4.69, 9.17) is 4.74 Å². The van der Waals surface area contributed by atoms with Gasteiger partial charge in [0.1, 0.15) is 5.75 Å². The summed E-state index contributed by atoms with van der Waals surface area (Å²) in [5, 5.41) is 0. The molecule has 2 fully saturated rings. The van der Waals surface area contributed by atoms with Gasteiger partial charge in [-0.15, -0.1) is 0 Å². The number of amides is 1. The second-order valence-corrected chi connectivity index (χ2v) is 6.79. The molecule has 0 bridgehead atoms. The number of hydrogen-bond donors (Lipinski definition) is 0. The SMILES string of the molecule is COc1ccccc1[C@@H]1C[C@H]1C(=O)N1CCC[C@H]1c1ccccc1. The van der Waals surface area contributed by atoms with Crippen molar-refractivity contribution >= 4 is 5.91 Å². The molecule has 1 aliphatic carbocycles. The van der Waals surface area contributed by atoms with Gasteiger partial charge in [-0.25, -0.2) is 0 Å². The van der Waals surface area contributed by atoms with Crippen molar-refractivity contribution in [3.8, 4) is 5.75 Å². The van der Waals surface area contributed by atoms with Gasteiger partial charge in [-0.1, -0.05) is 48.5 Å². The highest BCUT2D eigenvalue weighted by atomic mass is 16.5. The average Bonchev–Trinajstić information content (AvgIpc) is 3.29. The fourth-order valence-corrected chi connectivity index (χ4v) is 4.05. The summed E-state index contributed by atoms with van der Waals surface area (Å²) < 4.78 is 5.47. The maximum Gasteiger partial charge on any atom is 0.226 e. The zero-order valence-electron chi connectivity index (χ0n) is 14.0. The maximum atomic E-state index is 13.1. The summed E-state index contributed by atoms with van der Waals surface area (Å²) >= 11 is 0. The summed E-state index contributed by atoms with van der Waals surface area (Å²) in [7, 11) is 1.70. The normalized spacial score (nSPS) is 25.5. The molecule has 3 atom stereocenters. The summed E-state index contributed by atoms with van der Waals surface area (Å²) in [6.45, 7) is 0.882. The Kier molecular flexibility index (Phi) is 4.01. The van der Waals surface area contributed by atoms with E-state index < -0.39 is 0 Å². The Morgan fingerprint density at radius 1 is 1.08 bits per heavy atom. The molecule has 3 nitrogen and oxygen atoms in total. The van der Waals surface area contributed by atoms with Crippen LogP contribution in [0.25, 0.3) is 0 Å². The molecule has 1 aliphatic heterocycles. The molecule has 2 aliphatic rings. The van der Waals surface area contributed by atoms with Crippen molar-refractivity contribution < 1.29 is 9.53 Å². The molecule has 4 rings (SSSR count). The maximum absolute atomic E-state index is 13.1. The molecule has 0 unspecified atom stereocenters. The molecule has 0 radical (unpaired) electrons. The van der Waals surface area contributed by atoms with E-state index in [1.54, 1.807) is 7.11 Å². The predicted molar refractivity (Wildman–Crippen MR) is 94.0 cm³/mol. The quantitative estimate of drug-likeness (QED) is 0.846. The number of hydrogen-bond acceptors (Lipinski definition) is 2. The van der Waals surface area contributed by atoms with Crippen LogP contribution in [0.2, 0.25) is 0 Å². The highest BCUT2D eigenvalue weighted by Gasteiger charge is 2.48. The minimum Gasteiger partial charge on any atom is -0.496 e. The molecule has 1 amide bonds. The second-order valence-electron chi connectivity index (χ2n) is 6.79. The van der Waals surface area contributed by atoms with Crippen molar-refractivity contribution in [3.05, 3.63) is 65.7 Å². The van der Waals surface area contributed by atoms with Crippen LogP contribution < -0.4 is 4.74 Å². The lowest BCUT2D eigenvalue weighted by Crippen LogP contribution is -2.32. The lowest BCUT2D eigenvalue weighted by molar-refractivity contribution is -0.133. The van der Waals surface area contributed by atoms with E-state index in [1.807, 2.05) is 24.3 Å². The van der Waals surface area contributed by atoms with Gasteiger partial charge in [0.25, 0.3) is 0 Å². The van der Waals surface area contributed by atoms with Gasteiger partial charge in [0.05, 0.1) is 13.2 Å². The van der Waals surface area contributed by atoms with Crippen molar-refractivity contribution in [3.63, 3.8) is 0 Å². The average molecular weight is 321 g/mol. The van der Waals surface area contributed by atoms with Crippen LogP contribution >= 0.6 is 0 Å². The van der Waals surface area contributed by atoms with Crippen LogP contribution in [0.15, 0.2) is 54.6 Å². The van der Waals surface area contributed by atoms with Gasteiger partial charge in [0.15, 0.2) is 0 Å². The number of para-hydroxylation sites is 1. The lowest BCUT2D eigenvalue weighted by atomic mass is 10.0. The molecule has 1 saturated heterocycles. The van der Waals surface area contributed by atoms with Crippen LogP contribution in [0.4, 0.5) is 0 Å². The van der Waals surface area contributed by atoms with Gasteiger partial charge in [-0.3, -0.25) is 4.79 Å². The van der Waals surface area contributed by atoms with Crippen molar-refractivity contribution in [2.24, 2.45) is 5.92 Å². The van der Waals surface area contributed by atoms with Gasteiger partial charge in [-0.2, -0.15) is 0 Å². The number of carbonyl (C=O) groups excluding carboxylic acids is 1. The number of likely N-dealkylation sites (tertiary alicyclic amines) is 1. The summed E-state index contributed by atoms with van der Waals surface area (Å²) in [4.78, 5) is 15.2. The minimum atomic E-state index is 0.116. The molecule has 0 N–H and O–H groups in total. The van der Waals surface area contributed by atoms with Crippen molar-refractivity contribution in [2.45, 2.75) is 31.2 Å². The fourth-order valence-electron chi connectivity index (χ4n) is 4.05. The first-order chi connectivity index (χ1) is 11.8. The number of methoxy groups -OCH3 is 1. The van der Waals surface area contributed by atoms with E-state index in [1.165, 1.54) is 11.1 Å². The Morgan fingerprint density at radius 2 is 1.83 bits per heavy atom. The minimum absolute atomic E-state index is 0.116. The van der Waals surface area contributed by atoms with Crippen LogP contribution in [-0.4, -0.2) is 24.5 Å². The van der Waals surface area contributed by atoms with Gasteiger partial charge in [0, 0.05) is 12.5 Å². The molecule has 2 aromatic rings. The van der Waals surface area contributed by atoms with Crippen LogP contribution in [0.1, 0.15) is 42.3 Å². The monoisotopic (exact) mass is 321 g/mol. The fraction of sp³-hybridized carbons (Fsp3) is 0.381. The van der Waals surface area contributed by atoms with Gasteiger partial charge < -0.3 is 9.64 Å². The molecule has 124 valence electrons. The third-order valence-corrected chi connectivity index (χ3v) is 5.37. The number of rotatable bonds is 4. The van der Waals surface area contributed by atoms with E-state index in [2.05, 4.69) is 35.2 Å². The molecular formula is C21H23NO2. The first-order valence-corrected chi connectivity index (χ1v) is 8.78. The highest BCUT2D eigenvalue weighted by Crippen LogP contribution is 2.52. The van der Waals surface area contributed by atoms with E-state index in [-0.39, 0.29) is 12.0 Å². The lowest BCUT2D eigenvalue weighted by Gasteiger charge is -2.25. The Labute approximate surface area is 143 Å². The largest absolute Gasteiger partial charge is 0.496 e. The summed E-state index contributed by atoms with van der Waals surface area (Å²) in [6, 6.07) is 18.8. The number of benzene rings is 2. The summed E-state index contributed by atoms with van der Waals surface area (Å²) in [5.41, 5.74) is 2.44. The van der Waals surface area contributed by atoms with E-state index in [9.17, 15) is 4.79 Å². The third-order valence-electron chi connectivity index (χ3n) is 5.37. The zero-order valence-corrected chi connectivity index (χ0v) is 14.0. The molecule has 24 heavy (non-hydrogen) atoms. The smallest absolute Gasteiger partial charge is 0.226 e. The molecule has 0 aromatic heterocycles. The Bertz CT molecular complexity index is 728. The van der Waals surface area contributed by atoms with E-state index in [0.717, 1.165) is 31.6 Å². The molecule has 2 aromatic carbocycles. The standard InChI is InChI=1S/C21H23NO2/c1-24-20-12-6-5-10-16(20)17-14-18(17)21(23)22-13-7-11-19(22)15-8-3-2-4-9-15/h2-6,8-10,12,17-19H,7,11,13-14H2,1H3/t17-,18+,19-/m0/s1. The van der Waals surface area contributed by atoms with Crippen LogP contribution in [-0.2, 0) is 4.79 Å².